The molecule has 6 heteroatoms. The zero-order chi connectivity index (χ0) is 14.9. The Bertz CT molecular complexity index is 524. The summed E-state index contributed by atoms with van der Waals surface area (Å²) in [5.74, 6) is -1.12. The molecule has 6 nitrogen and oxygen atoms in total. The highest BCUT2D eigenvalue weighted by Gasteiger charge is 2.31. The van der Waals surface area contributed by atoms with E-state index in [0.717, 1.165) is 11.4 Å². The normalized spacial score (nSPS) is 22.9. The van der Waals surface area contributed by atoms with Crippen molar-refractivity contribution in [3.63, 3.8) is 0 Å². The first-order chi connectivity index (χ1) is 9.36. The monoisotopic (exact) mass is 279 g/mol. The summed E-state index contributed by atoms with van der Waals surface area (Å²) >= 11 is 0. The molecule has 2 unspecified atom stereocenters. The quantitative estimate of drug-likeness (QED) is 0.898. The molecule has 1 fully saturated rings. The van der Waals surface area contributed by atoms with Crippen LogP contribution in [-0.4, -0.2) is 44.8 Å². The number of likely N-dealkylation sites (tertiary alicyclic amines) is 1. The minimum atomic E-state index is -0.819. The molecule has 1 aromatic heterocycles. The molecule has 2 atom stereocenters. The molecule has 110 valence electrons. The largest absolute Gasteiger partial charge is 0.481 e. The van der Waals surface area contributed by atoms with E-state index in [-0.39, 0.29) is 18.4 Å². The maximum atomic E-state index is 12.3. The topological polar surface area (TPSA) is 75.4 Å². The molecular weight excluding hydrogens is 258 g/mol. The van der Waals surface area contributed by atoms with Gasteiger partial charge in [0.05, 0.1) is 11.6 Å². The van der Waals surface area contributed by atoms with Crippen LogP contribution in [0, 0.1) is 25.7 Å². The van der Waals surface area contributed by atoms with Crippen LogP contribution in [0.1, 0.15) is 24.7 Å². The maximum absolute atomic E-state index is 12.3. The molecule has 0 aromatic carbocycles. The molecule has 1 aliphatic heterocycles. The van der Waals surface area contributed by atoms with E-state index in [2.05, 4.69) is 5.10 Å². The first kappa shape index (κ1) is 14.6. The average Bonchev–Trinajstić information content (AvgIpc) is 2.66. The summed E-state index contributed by atoms with van der Waals surface area (Å²) < 4.78 is 1.67. The summed E-state index contributed by atoms with van der Waals surface area (Å²) in [6.45, 7) is 6.89. The van der Waals surface area contributed by atoms with Crippen LogP contribution in [-0.2, 0) is 16.1 Å². The van der Waals surface area contributed by atoms with Gasteiger partial charge in [-0.3, -0.25) is 14.3 Å². The minimum absolute atomic E-state index is 0.0611. The van der Waals surface area contributed by atoms with E-state index < -0.39 is 11.9 Å². The van der Waals surface area contributed by atoms with Gasteiger partial charge in [-0.15, -0.1) is 0 Å². The predicted octanol–water partition coefficient (Wildman–Crippen LogP) is 1.07. The molecule has 0 radical (unpaired) electrons. The van der Waals surface area contributed by atoms with Gasteiger partial charge in [0.15, 0.2) is 0 Å². The Balaban J connectivity index is 2.04. The van der Waals surface area contributed by atoms with Gasteiger partial charge < -0.3 is 10.0 Å². The van der Waals surface area contributed by atoms with Crippen LogP contribution in [0.5, 0.6) is 0 Å². The number of aliphatic carboxylic acids is 1. The zero-order valence-electron chi connectivity index (χ0n) is 12.2. The highest BCUT2D eigenvalue weighted by Crippen LogP contribution is 2.22. The van der Waals surface area contributed by atoms with Crippen molar-refractivity contribution in [3.8, 4) is 0 Å². The van der Waals surface area contributed by atoms with Crippen molar-refractivity contribution in [3.05, 3.63) is 17.5 Å². The van der Waals surface area contributed by atoms with Gasteiger partial charge in [-0.2, -0.15) is 5.10 Å². The van der Waals surface area contributed by atoms with E-state index in [1.165, 1.54) is 0 Å². The van der Waals surface area contributed by atoms with Crippen LogP contribution in [0.15, 0.2) is 6.07 Å². The van der Waals surface area contributed by atoms with Crippen LogP contribution in [0.25, 0.3) is 0 Å². The smallest absolute Gasteiger partial charge is 0.308 e. The number of rotatable bonds is 3. The number of piperidine rings is 1. The first-order valence-corrected chi connectivity index (χ1v) is 6.88. The van der Waals surface area contributed by atoms with E-state index in [1.54, 1.807) is 9.58 Å². The van der Waals surface area contributed by atoms with Crippen LogP contribution < -0.4 is 0 Å². The average molecular weight is 279 g/mol. The van der Waals surface area contributed by atoms with E-state index >= 15 is 0 Å². The van der Waals surface area contributed by atoms with E-state index in [9.17, 15) is 9.59 Å². The van der Waals surface area contributed by atoms with Crippen LogP contribution >= 0.6 is 0 Å². The highest BCUT2D eigenvalue weighted by molar-refractivity contribution is 5.78. The molecule has 0 saturated carbocycles. The maximum Gasteiger partial charge on any atom is 0.308 e. The number of carbonyl (C=O) groups is 2. The SMILES string of the molecule is Cc1cc(C)n(CC(=O)N2CC(C)CC(C(=O)O)C2)n1. The Morgan fingerprint density at radius 1 is 1.40 bits per heavy atom. The van der Waals surface area contributed by atoms with Gasteiger partial charge >= 0.3 is 5.97 Å². The number of aryl methyl sites for hydroxylation is 2. The summed E-state index contributed by atoms with van der Waals surface area (Å²) in [5.41, 5.74) is 1.82. The number of carboxylic acids is 1. The third-order valence-corrected chi connectivity index (χ3v) is 3.75. The fourth-order valence-electron chi connectivity index (χ4n) is 2.80. The lowest BCUT2D eigenvalue weighted by atomic mass is 9.90. The number of carbonyl (C=O) groups excluding carboxylic acids is 1. The number of aromatic nitrogens is 2. The minimum Gasteiger partial charge on any atom is -0.481 e. The lowest BCUT2D eigenvalue weighted by Gasteiger charge is -2.34. The lowest BCUT2D eigenvalue weighted by Crippen LogP contribution is -2.46. The van der Waals surface area contributed by atoms with Crippen LogP contribution in [0.3, 0.4) is 0 Å². The van der Waals surface area contributed by atoms with Crippen LogP contribution in [0.2, 0.25) is 0 Å². The fourth-order valence-corrected chi connectivity index (χ4v) is 2.80. The fraction of sp³-hybridized carbons (Fsp3) is 0.643. The number of nitrogens with zero attached hydrogens (tertiary/aromatic N) is 3. The lowest BCUT2D eigenvalue weighted by molar-refractivity contribution is -0.147. The summed E-state index contributed by atoms with van der Waals surface area (Å²) in [6.07, 6.45) is 0.638. The summed E-state index contributed by atoms with van der Waals surface area (Å²) in [7, 11) is 0. The number of hydrogen-bond acceptors (Lipinski definition) is 3. The van der Waals surface area contributed by atoms with E-state index in [4.69, 9.17) is 5.11 Å². The standard InChI is InChI=1S/C14H21N3O3/c1-9-4-12(14(19)20)7-16(6-9)13(18)8-17-11(3)5-10(2)15-17/h5,9,12H,4,6-8H2,1-3H3,(H,19,20). The Kier molecular flexibility index (Phi) is 4.11. The third-order valence-electron chi connectivity index (χ3n) is 3.75. The van der Waals surface area contributed by atoms with Crippen molar-refractivity contribution in [2.24, 2.45) is 11.8 Å². The van der Waals surface area contributed by atoms with Gasteiger partial charge in [-0.1, -0.05) is 6.92 Å². The summed E-state index contributed by atoms with van der Waals surface area (Å²) in [5, 5.41) is 13.4. The van der Waals surface area contributed by atoms with Gasteiger partial charge in [0.1, 0.15) is 6.54 Å². The molecule has 1 aromatic rings. The number of amides is 1. The molecular formula is C14H21N3O3. The Labute approximate surface area is 118 Å². The molecule has 1 N–H and O–H groups in total. The predicted molar refractivity (Wildman–Crippen MR) is 73.2 cm³/mol. The van der Waals surface area contributed by atoms with Crippen molar-refractivity contribution < 1.29 is 14.7 Å². The highest BCUT2D eigenvalue weighted by atomic mass is 16.4. The van der Waals surface area contributed by atoms with E-state index in [0.29, 0.717) is 19.5 Å². The molecule has 1 saturated heterocycles. The second-order valence-electron chi connectivity index (χ2n) is 5.76. The summed E-state index contributed by atoms with van der Waals surface area (Å²) in [4.78, 5) is 25.1. The Morgan fingerprint density at radius 2 is 2.10 bits per heavy atom. The van der Waals surface area contributed by atoms with Crippen molar-refractivity contribution in [2.75, 3.05) is 13.1 Å². The molecule has 20 heavy (non-hydrogen) atoms. The molecule has 0 spiro atoms. The van der Waals surface area contributed by atoms with Crippen molar-refractivity contribution in [1.82, 2.24) is 14.7 Å². The molecule has 2 heterocycles. The van der Waals surface area contributed by atoms with Gasteiger partial charge in [0.2, 0.25) is 5.91 Å². The van der Waals surface area contributed by atoms with Gasteiger partial charge in [-0.05, 0) is 32.3 Å². The molecule has 2 rings (SSSR count). The molecule has 1 amide bonds. The zero-order valence-corrected chi connectivity index (χ0v) is 12.2. The van der Waals surface area contributed by atoms with Gasteiger partial charge in [0.25, 0.3) is 0 Å². The van der Waals surface area contributed by atoms with Gasteiger partial charge in [-0.25, -0.2) is 0 Å². The number of carboxylic acid groups (broad SMARTS) is 1. The second-order valence-corrected chi connectivity index (χ2v) is 5.76. The Hall–Kier alpha value is -1.85. The molecule has 0 aliphatic carbocycles. The number of hydrogen-bond donors (Lipinski definition) is 1. The van der Waals surface area contributed by atoms with Crippen molar-refractivity contribution >= 4 is 11.9 Å². The van der Waals surface area contributed by atoms with Crippen LogP contribution in [0.4, 0.5) is 0 Å². The Morgan fingerprint density at radius 3 is 2.65 bits per heavy atom. The molecule has 1 aliphatic rings. The molecule has 0 bridgehead atoms. The van der Waals surface area contributed by atoms with Crippen molar-refractivity contribution in [2.45, 2.75) is 33.7 Å². The third kappa shape index (κ3) is 3.18. The van der Waals surface area contributed by atoms with Crippen molar-refractivity contribution in [1.29, 1.82) is 0 Å². The second kappa shape index (κ2) is 5.64. The summed E-state index contributed by atoms with van der Waals surface area (Å²) in [6, 6.07) is 1.92. The first-order valence-electron chi connectivity index (χ1n) is 6.88. The van der Waals surface area contributed by atoms with Gasteiger partial charge in [0, 0.05) is 18.8 Å². The van der Waals surface area contributed by atoms with E-state index in [1.807, 2.05) is 26.8 Å².